The normalized spacial score (nSPS) is 10.5. The molecule has 0 saturated heterocycles. The van der Waals surface area contributed by atoms with Crippen molar-refractivity contribution in [3.63, 3.8) is 0 Å². The van der Waals surface area contributed by atoms with E-state index in [9.17, 15) is 13.2 Å². The van der Waals surface area contributed by atoms with Crippen LogP contribution in [0.2, 0.25) is 0 Å². The first-order valence-electron chi connectivity index (χ1n) is 4.96. The third-order valence-electron chi connectivity index (χ3n) is 1.78. The molecule has 0 atom stereocenters. The number of pyridine rings is 1. The van der Waals surface area contributed by atoms with Gasteiger partial charge in [0.1, 0.15) is 0 Å². The highest BCUT2D eigenvalue weighted by atomic mass is 35.5. The minimum absolute atomic E-state index is 0. The van der Waals surface area contributed by atoms with Crippen LogP contribution in [-0.2, 0) is 0 Å². The van der Waals surface area contributed by atoms with Crippen LogP contribution in [0.5, 0.6) is 11.6 Å². The second-order valence-electron chi connectivity index (χ2n) is 3.11. The molecular formula is C10H14ClF3N2O2. The monoisotopic (exact) mass is 286 g/mol. The summed E-state index contributed by atoms with van der Waals surface area (Å²) in [6, 6.07) is 1.53. The van der Waals surface area contributed by atoms with Gasteiger partial charge in [0.25, 0.3) is 5.88 Å². The lowest BCUT2D eigenvalue weighted by Crippen LogP contribution is -2.20. The van der Waals surface area contributed by atoms with Crippen LogP contribution < -0.4 is 14.8 Å². The summed E-state index contributed by atoms with van der Waals surface area (Å²) in [6.45, 7) is 0.649. The molecule has 104 valence electrons. The van der Waals surface area contributed by atoms with Crippen LogP contribution in [0.3, 0.4) is 0 Å². The van der Waals surface area contributed by atoms with Crippen molar-refractivity contribution in [2.75, 3.05) is 25.6 Å². The number of anilines is 1. The van der Waals surface area contributed by atoms with Crippen LogP contribution in [0.15, 0.2) is 12.3 Å². The van der Waals surface area contributed by atoms with E-state index in [1.165, 1.54) is 12.3 Å². The average molecular weight is 287 g/mol. The fourth-order valence-corrected chi connectivity index (χ4v) is 1.09. The molecule has 0 spiro atoms. The maximum atomic E-state index is 12.0. The van der Waals surface area contributed by atoms with Gasteiger partial charge in [-0.2, -0.15) is 13.2 Å². The van der Waals surface area contributed by atoms with Crippen molar-refractivity contribution >= 4 is 18.1 Å². The molecule has 4 nitrogen and oxygen atoms in total. The summed E-state index contributed by atoms with van der Waals surface area (Å²) in [7, 11) is 1.67. The molecule has 0 saturated carbocycles. The third-order valence-corrected chi connectivity index (χ3v) is 1.78. The fourth-order valence-electron chi connectivity index (χ4n) is 1.09. The van der Waals surface area contributed by atoms with Crippen LogP contribution in [0.25, 0.3) is 0 Å². The summed E-state index contributed by atoms with van der Waals surface area (Å²) in [4.78, 5) is 3.76. The standard InChI is InChI=1S/C10H13F3N2O2.ClH/c1-3-16-8-4-7(14-2)5-15-9(8)17-6-10(11,12)13;/h4-5,14H,3,6H2,1-2H3;1H. The molecule has 0 aromatic carbocycles. The summed E-state index contributed by atoms with van der Waals surface area (Å²) in [5.74, 6) is 0.0202. The highest BCUT2D eigenvalue weighted by molar-refractivity contribution is 5.85. The van der Waals surface area contributed by atoms with E-state index in [-0.39, 0.29) is 24.0 Å². The molecule has 0 radical (unpaired) electrons. The molecule has 0 aliphatic heterocycles. The molecule has 1 rings (SSSR count). The molecule has 0 aliphatic carbocycles. The van der Waals surface area contributed by atoms with E-state index in [1.54, 1.807) is 14.0 Å². The Morgan fingerprint density at radius 3 is 2.50 bits per heavy atom. The molecule has 1 aromatic rings. The highest BCUT2D eigenvalue weighted by Gasteiger charge is 2.29. The van der Waals surface area contributed by atoms with Gasteiger partial charge in [0.15, 0.2) is 12.4 Å². The van der Waals surface area contributed by atoms with Crippen molar-refractivity contribution in [3.8, 4) is 11.6 Å². The Balaban J connectivity index is 0.00000289. The molecule has 0 aliphatic rings. The second-order valence-corrected chi connectivity index (χ2v) is 3.11. The second kappa shape index (κ2) is 7.15. The first-order chi connectivity index (χ1) is 7.96. The molecule has 0 bridgehead atoms. The van der Waals surface area contributed by atoms with Gasteiger partial charge in [-0.3, -0.25) is 0 Å². The van der Waals surface area contributed by atoms with Crippen molar-refractivity contribution in [1.29, 1.82) is 0 Å². The van der Waals surface area contributed by atoms with Gasteiger partial charge < -0.3 is 14.8 Å². The Morgan fingerprint density at radius 1 is 1.33 bits per heavy atom. The number of nitrogens with zero attached hydrogens (tertiary/aromatic N) is 1. The smallest absolute Gasteiger partial charge is 0.422 e. The van der Waals surface area contributed by atoms with E-state index < -0.39 is 12.8 Å². The van der Waals surface area contributed by atoms with Crippen molar-refractivity contribution in [2.24, 2.45) is 0 Å². The maximum Gasteiger partial charge on any atom is 0.422 e. The van der Waals surface area contributed by atoms with Gasteiger partial charge in [-0.05, 0) is 6.92 Å². The molecular weight excluding hydrogens is 273 g/mol. The molecule has 8 heteroatoms. The minimum atomic E-state index is -4.40. The predicted octanol–water partition coefficient (Wildman–Crippen LogP) is 2.88. The van der Waals surface area contributed by atoms with E-state index in [0.29, 0.717) is 12.3 Å². The zero-order chi connectivity index (χ0) is 12.9. The summed E-state index contributed by atoms with van der Waals surface area (Å²) in [5, 5.41) is 2.81. The van der Waals surface area contributed by atoms with E-state index in [2.05, 4.69) is 15.0 Å². The topological polar surface area (TPSA) is 43.4 Å². The van der Waals surface area contributed by atoms with Gasteiger partial charge >= 0.3 is 6.18 Å². The summed E-state index contributed by atoms with van der Waals surface area (Å²) >= 11 is 0. The van der Waals surface area contributed by atoms with Gasteiger partial charge in [-0.15, -0.1) is 12.4 Å². The Kier molecular flexibility index (Phi) is 6.61. The maximum absolute atomic E-state index is 12.0. The summed E-state index contributed by atoms with van der Waals surface area (Å²) < 4.78 is 45.7. The quantitative estimate of drug-likeness (QED) is 0.904. The van der Waals surface area contributed by atoms with Crippen molar-refractivity contribution in [2.45, 2.75) is 13.1 Å². The Labute approximate surface area is 109 Å². The number of alkyl halides is 3. The van der Waals surface area contributed by atoms with Crippen molar-refractivity contribution in [3.05, 3.63) is 12.3 Å². The lowest BCUT2D eigenvalue weighted by Gasteiger charge is -2.13. The molecule has 0 amide bonds. The lowest BCUT2D eigenvalue weighted by atomic mass is 10.4. The number of hydrogen-bond acceptors (Lipinski definition) is 4. The minimum Gasteiger partial charge on any atom is -0.488 e. The SMILES string of the molecule is CCOc1cc(NC)cnc1OCC(F)(F)F.Cl. The van der Waals surface area contributed by atoms with Gasteiger partial charge in [-0.1, -0.05) is 0 Å². The predicted molar refractivity (Wildman–Crippen MR) is 63.8 cm³/mol. The van der Waals surface area contributed by atoms with Gasteiger partial charge in [0.05, 0.1) is 18.5 Å². The molecule has 18 heavy (non-hydrogen) atoms. The van der Waals surface area contributed by atoms with Gasteiger partial charge in [0.2, 0.25) is 0 Å². The number of halogens is 4. The van der Waals surface area contributed by atoms with Gasteiger partial charge in [-0.25, -0.2) is 4.98 Å². The Hall–Kier alpha value is -1.37. The first kappa shape index (κ1) is 16.6. The Morgan fingerprint density at radius 2 is 2.00 bits per heavy atom. The number of ether oxygens (including phenoxy) is 2. The van der Waals surface area contributed by atoms with E-state index >= 15 is 0 Å². The summed E-state index contributed by atoms with van der Waals surface area (Å²) in [5.41, 5.74) is 0.632. The van der Waals surface area contributed by atoms with Crippen LogP contribution in [0, 0.1) is 0 Å². The van der Waals surface area contributed by atoms with Crippen LogP contribution in [0.4, 0.5) is 18.9 Å². The number of hydrogen-bond donors (Lipinski definition) is 1. The molecule has 1 N–H and O–H groups in total. The van der Waals surface area contributed by atoms with Crippen molar-refractivity contribution < 1.29 is 22.6 Å². The molecule has 1 heterocycles. The number of rotatable bonds is 5. The largest absolute Gasteiger partial charge is 0.488 e. The van der Waals surface area contributed by atoms with E-state index in [0.717, 1.165) is 0 Å². The van der Waals surface area contributed by atoms with E-state index in [1.807, 2.05) is 0 Å². The first-order valence-corrected chi connectivity index (χ1v) is 4.96. The van der Waals surface area contributed by atoms with Crippen LogP contribution >= 0.6 is 12.4 Å². The van der Waals surface area contributed by atoms with Crippen LogP contribution in [-0.4, -0.2) is 31.4 Å². The Bertz CT molecular complexity index is 375. The lowest BCUT2D eigenvalue weighted by molar-refractivity contribution is -0.154. The van der Waals surface area contributed by atoms with Crippen molar-refractivity contribution in [1.82, 2.24) is 4.98 Å². The molecule has 1 aromatic heterocycles. The van der Waals surface area contributed by atoms with Crippen LogP contribution in [0.1, 0.15) is 6.92 Å². The highest BCUT2D eigenvalue weighted by Crippen LogP contribution is 2.29. The zero-order valence-corrected chi connectivity index (χ0v) is 10.7. The zero-order valence-electron chi connectivity index (χ0n) is 9.87. The number of aromatic nitrogens is 1. The molecule has 0 fully saturated rings. The summed E-state index contributed by atoms with van der Waals surface area (Å²) in [6.07, 6.45) is -3.03. The average Bonchev–Trinajstić information content (AvgIpc) is 2.26. The number of nitrogens with one attached hydrogen (secondary N) is 1. The van der Waals surface area contributed by atoms with Gasteiger partial charge in [0, 0.05) is 13.1 Å². The fraction of sp³-hybridized carbons (Fsp3) is 0.500. The van der Waals surface area contributed by atoms with E-state index in [4.69, 9.17) is 4.74 Å². The molecule has 0 unspecified atom stereocenters. The third kappa shape index (κ3) is 5.31.